The molecule has 2 rings (SSSR count). The molecule has 1 aliphatic rings. The fraction of sp³-hybridized carbons (Fsp3) is 0.417. The van der Waals surface area contributed by atoms with Crippen LogP contribution in [0.25, 0.3) is 0 Å². The minimum Gasteiger partial charge on any atom is -0.507 e. The third-order valence-electron chi connectivity index (χ3n) is 2.78. The SMILES string of the molecule is CCc1c(O)cc2c(c1O)C(=O)C[C@@H](C)O2. The summed E-state index contributed by atoms with van der Waals surface area (Å²) in [4.78, 5) is 11.8. The number of phenolic OH excluding ortho intramolecular Hbond substituents is 2. The molecule has 0 aliphatic carbocycles. The average molecular weight is 222 g/mol. The maximum atomic E-state index is 11.8. The van der Waals surface area contributed by atoms with Gasteiger partial charge in [-0.05, 0) is 13.3 Å². The molecule has 1 aromatic carbocycles. The molecule has 0 aromatic heterocycles. The van der Waals surface area contributed by atoms with E-state index in [0.29, 0.717) is 12.0 Å². The Kier molecular flexibility index (Phi) is 2.50. The maximum absolute atomic E-state index is 11.8. The molecular weight excluding hydrogens is 208 g/mol. The molecule has 0 amide bonds. The number of hydrogen-bond acceptors (Lipinski definition) is 4. The lowest BCUT2D eigenvalue weighted by Gasteiger charge is -2.24. The molecule has 0 fully saturated rings. The van der Waals surface area contributed by atoms with Crippen LogP contribution in [0.2, 0.25) is 0 Å². The van der Waals surface area contributed by atoms with Gasteiger partial charge >= 0.3 is 0 Å². The van der Waals surface area contributed by atoms with Gasteiger partial charge in [0.2, 0.25) is 0 Å². The van der Waals surface area contributed by atoms with Crippen molar-refractivity contribution in [3.63, 3.8) is 0 Å². The van der Waals surface area contributed by atoms with Crippen LogP contribution < -0.4 is 4.74 Å². The van der Waals surface area contributed by atoms with Gasteiger partial charge in [-0.15, -0.1) is 0 Å². The van der Waals surface area contributed by atoms with Gasteiger partial charge in [0.25, 0.3) is 0 Å². The van der Waals surface area contributed by atoms with Crippen LogP contribution in [0.5, 0.6) is 17.2 Å². The van der Waals surface area contributed by atoms with Crippen LogP contribution in [0.1, 0.15) is 36.2 Å². The summed E-state index contributed by atoms with van der Waals surface area (Å²) in [6.07, 6.45) is 0.508. The van der Waals surface area contributed by atoms with Crippen molar-refractivity contribution < 1.29 is 19.7 Å². The van der Waals surface area contributed by atoms with Gasteiger partial charge in [-0.2, -0.15) is 0 Å². The molecule has 1 heterocycles. The predicted octanol–water partition coefficient (Wildman–Crippen LogP) is 2.01. The highest BCUT2D eigenvalue weighted by atomic mass is 16.5. The zero-order valence-electron chi connectivity index (χ0n) is 9.28. The van der Waals surface area contributed by atoms with E-state index in [1.807, 2.05) is 0 Å². The lowest BCUT2D eigenvalue weighted by Crippen LogP contribution is -2.24. The molecule has 0 unspecified atom stereocenters. The fourth-order valence-electron chi connectivity index (χ4n) is 2.00. The molecule has 1 atom stereocenters. The van der Waals surface area contributed by atoms with Crippen LogP contribution in [0.4, 0.5) is 0 Å². The summed E-state index contributed by atoms with van der Waals surface area (Å²) >= 11 is 0. The van der Waals surface area contributed by atoms with Crippen molar-refractivity contribution in [2.75, 3.05) is 0 Å². The van der Waals surface area contributed by atoms with E-state index in [0.717, 1.165) is 0 Å². The van der Waals surface area contributed by atoms with Crippen molar-refractivity contribution in [2.45, 2.75) is 32.8 Å². The van der Waals surface area contributed by atoms with E-state index in [1.54, 1.807) is 13.8 Å². The highest BCUT2D eigenvalue weighted by Crippen LogP contribution is 2.41. The number of hydrogen-bond donors (Lipinski definition) is 2. The van der Waals surface area contributed by atoms with E-state index >= 15 is 0 Å². The summed E-state index contributed by atoms with van der Waals surface area (Å²) in [6.45, 7) is 3.58. The van der Waals surface area contributed by atoms with Crippen LogP contribution in [0, 0.1) is 0 Å². The normalized spacial score (nSPS) is 19.1. The number of carbonyl (C=O) groups excluding carboxylic acids is 1. The second-order valence-corrected chi connectivity index (χ2v) is 4.01. The Hall–Kier alpha value is -1.71. The quantitative estimate of drug-likeness (QED) is 0.762. The Bertz CT molecular complexity index is 451. The van der Waals surface area contributed by atoms with Crippen molar-refractivity contribution in [1.82, 2.24) is 0 Å². The fourth-order valence-corrected chi connectivity index (χ4v) is 2.00. The molecule has 16 heavy (non-hydrogen) atoms. The first-order chi connectivity index (χ1) is 7.54. The number of carbonyl (C=O) groups is 1. The highest BCUT2D eigenvalue weighted by Gasteiger charge is 2.29. The van der Waals surface area contributed by atoms with E-state index in [2.05, 4.69) is 0 Å². The first-order valence-corrected chi connectivity index (χ1v) is 5.32. The smallest absolute Gasteiger partial charge is 0.174 e. The molecule has 0 bridgehead atoms. The number of fused-ring (bicyclic) bond motifs is 1. The van der Waals surface area contributed by atoms with Gasteiger partial charge < -0.3 is 14.9 Å². The first-order valence-electron chi connectivity index (χ1n) is 5.32. The van der Waals surface area contributed by atoms with Gasteiger partial charge in [0.15, 0.2) is 5.78 Å². The second kappa shape index (κ2) is 3.70. The monoisotopic (exact) mass is 222 g/mol. The summed E-state index contributed by atoms with van der Waals surface area (Å²) in [5, 5.41) is 19.6. The van der Waals surface area contributed by atoms with Gasteiger partial charge in [0.05, 0.1) is 0 Å². The third-order valence-corrected chi connectivity index (χ3v) is 2.78. The van der Waals surface area contributed by atoms with Crippen molar-refractivity contribution in [3.8, 4) is 17.2 Å². The molecule has 4 heteroatoms. The minimum absolute atomic E-state index is 0.0272. The number of Topliss-reactive ketones (excluding diaryl/α,β-unsaturated/α-hetero) is 1. The number of benzene rings is 1. The van der Waals surface area contributed by atoms with E-state index < -0.39 is 0 Å². The number of aromatic hydroxyl groups is 2. The molecule has 0 saturated heterocycles. The van der Waals surface area contributed by atoms with Crippen LogP contribution in [-0.4, -0.2) is 22.1 Å². The molecule has 4 nitrogen and oxygen atoms in total. The molecule has 1 aliphatic heterocycles. The number of phenols is 2. The van der Waals surface area contributed by atoms with E-state index in [-0.39, 0.29) is 41.1 Å². The summed E-state index contributed by atoms with van der Waals surface area (Å²) < 4.78 is 5.42. The van der Waals surface area contributed by atoms with E-state index in [4.69, 9.17) is 4.74 Å². The zero-order chi connectivity index (χ0) is 11.9. The van der Waals surface area contributed by atoms with Crippen LogP contribution >= 0.6 is 0 Å². The summed E-state index contributed by atoms with van der Waals surface area (Å²) in [5.74, 6) is -0.0352. The van der Waals surface area contributed by atoms with Crippen molar-refractivity contribution in [2.24, 2.45) is 0 Å². The van der Waals surface area contributed by atoms with Crippen molar-refractivity contribution >= 4 is 5.78 Å². The largest absolute Gasteiger partial charge is 0.507 e. The predicted molar refractivity (Wildman–Crippen MR) is 58.2 cm³/mol. The third kappa shape index (κ3) is 1.50. The van der Waals surface area contributed by atoms with Gasteiger partial charge in [-0.25, -0.2) is 0 Å². The van der Waals surface area contributed by atoms with E-state index in [1.165, 1.54) is 6.07 Å². The molecule has 2 N–H and O–H groups in total. The molecule has 0 spiro atoms. The number of rotatable bonds is 1. The molecule has 1 aromatic rings. The van der Waals surface area contributed by atoms with Crippen LogP contribution in [0.3, 0.4) is 0 Å². The molecule has 0 radical (unpaired) electrons. The van der Waals surface area contributed by atoms with Crippen LogP contribution in [0.15, 0.2) is 6.07 Å². The highest BCUT2D eigenvalue weighted by molar-refractivity contribution is 6.03. The van der Waals surface area contributed by atoms with Crippen molar-refractivity contribution in [3.05, 3.63) is 17.2 Å². The summed E-state index contributed by atoms with van der Waals surface area (Å²) in [6, 6.07) is 1.40. The average Bonchev–Trinajstić information content (AvgIpc) is 2.15. The van der Waals surface area contributed by atoms with Gasteiger partial charge in [0, 0.05) is 18.1 Å². The Morgan fingerprint density at radius 3 is 2.81 bits per heavy atom. The summed E-state index contributed by atoms with van der Waals surface area (Å²) in [7, 11) is 0. The molecule has 86 valence electrons. The molecule has 0 saturated carbocycles. The summed E-state index contributed by atoms with van der Waals surface area (Å²) in [5.41, 5.74) is 0.595. The first kappa shape index (κ1) is 10.8. The van der Waals surface area contributed by atoms with Gasteiger partial charge in [-0.3, -0.25) is 4.79 Å². The Morgan fingerprint density at radius 2 is 2.19 bits per heavy atom. The number of ether oxygens (including phenoxy) is 1. The Morgan fingerprint density at radius 1 is 1.50 bits per heavy atom. The standard InChI is InChI=1S/C12H14O4/c1-3-7-8(13)5-10-11(12(7)15)9(14)4-6(2)16-10/h5-6,13,15H,3-4H2,1-2H3/t6-/m1/s1. The lowest BCUT2D eigenvalue weighted by atomic mass is 9.96. The maximum Gasteiger partial charge on any atom is 0.174 e. The van der Waals surface area contributed by atoms with Crippen LogP contribution in [-0.2, 0) is 6.42 Å². The van der Waals surface area contributed by atoms with Crippen molar-refractivity contribution in [1.29, 1.82) is 0 Å². The zero-order valence-corrected chi connectivity index (χ0v) is 9.28. The minimum atomic E-state index is -0.216. The van der Waals surface area contributed by atoms with Gasteiger partial charge in [0.1, 0.15) is 28.9 Å². The number of ketones is 1. The second-order valence-electron chi connectivity index (χ2n) is 4.01. The van der Waals surface area contributed by atoms with E-state index in [9.17, 15) is 15.0 Å². The lowest BCUT2D eigenvalue weighted by molar-refractivity contribution is 0.0865. The Balaban J connectivity index is 2.64. The topological polar surface area (TPSA) is 66.8 Å². The molecular formula is C12H14O4. The van der Waals surface area contributed by atoms with Gasteiger partial charge in [-0.1, -0.05) is 6.92 Å². The Labute approximate surface area is 93.5 Å².